The molecule has 0 aromatic rings. The van der Waals surface area contributed by atoms with Crippen LogP contribution in [-0.4, -0.2) is 66.8 Å². The number of hydrogen-bond acceptors (Lipinski definition) is 3. The normalized spacial score (nSPS) is 33.8. The number of halogens is 3. The third-order valence-electron chi connectivity index (χ3n) is 5.17. The number of morpholine rings is 1. The lowest BCUT2D eigenvalue weighted by Gasteiger charge is -2.39. The van der Waals surface area contributed by atoms with E-state index in [1.807, 2.05) is 0 Å². The molecule has 2 saturated heterocycles. The topological polar surface area (TPSA) is 32.8 Å². The number of carbonyl (C=O) groups is 1. The Bertz CT molecular complexity index is 416. The summed E-state index contributed by atoms with van der Waals surface area (Å²) in [7, 11) is 0. The summed E-state index contributed by atoms with van der Waals surface area (Å²) in [6.07, 6.45) is -0.293. The largest absolute Gasteiger partial charge is 0.393 e. The molecule has 3 aliphatic rings. The van der Waals surface area contributed by atoms with Crippen LogP contribution >= 0.6 is 0 Å². The minimum atomic E-state index is -4.20. The fourth-order valence-electron chi connectivity index (χ4n) is 3.95. The molecule has 0 aromatic carbocycles. The highest BCUT2D eigenvalue weighted by atomic mass is 19.4. The minimum Gasteiger partial charge on any atom is -0.375 e. The monoisotopic (exact) mass is 320 g/mol. The number of carbonyl (C=O) groups excluding carboxylic acids is 1. The maximum atomic E-state index is 12.8. The van der Waals surface area contributed by atoms with E-state index in [0.717, 1.165) is 19.3 Å². The molecule has 3 fully saturated rings. The highest BCUT2D eigenvalue weighted by molar-refractivity contribution is 5.78. The van der Waals surface area contributed by atoms with Crippen LogP contribution in [0.3, 0.4) is 0 Å². The van der Waals surface area contributed by atoms with Gasteiger partial charge in [0.15, 0.2) is 0 Å². The summed E-state index contributed by atoms with van der Waals surface area (Å²) in [5.41, 5.74) is 0. The lowest BCUT2D eigenvalue weighted by molar-refractivity contribution is -0.188. The number of likely N-dealkylation sites (tertiary alicyclic amines) is 1. The van der Waals surface area contributed by atoms with Crippen molar-refractivity contribution in [2.75, 3.05) is 32.8 Å². The number of ether oxygens (including phenoxy) is 1. The van der Waals surface area contributed by atoms with E-state index in [4.69, 9.17) is 4.74 Å². The maximum absolute atomic E-state index is 12.8. The second kappa shape index (κ2) is 6.35. The Labute approximate surface area is 128 Å². The van der Waals surface area contributed by atoms with Crippen molar-refractivity contribution in [1.82, 2.24) is 9.80 Å². The van der Waals surface area contributed by atoms with Gasteiger partial charge in [-0.3, -0.25) is 9.69 Å². The number of piperidine rings is 1. The first kappa shape index (κ1) is 16.1. The van der Waals surface area contributed by atoms with E-state index >= 15 is 0 Å². The minimum absolute atomic E-state index is 0.134. The second-order valence-electron chi connectivity index (χ2n) is 6.60. The number of amides is 1. The Morgan fingerprint density at radius 3 is 2.73 bits per heavy atom. The number of nitrogens with zero attached hydrogens (tertiary/aromatic N) is 2. The van der Waals surface area contributed by atoms with Gasteiger partial charge in [0.1, 0.15) is 0 Å². The van der Waals surface area contributed by atoms with E-state index in [-0.39, 0.29) is 37.6 Å². The van der Waals surface area contributed by atoms with Crippen LogP contribution in [0.5, 0.6) is 0 Å². The van der Waals surface area contributed by atoms with Gasteiger partial charge in [-0.05, 0) is 32.1 Å². The van der Waals surface area contributed by atoms with Crippen LogP contribution in [-0.2, 0) is 9.53 Å². The first-order chi connectivity index (χ1) is 10.4. The van der Waals surface area contributed by atoms with Crippen LogP contribution in [0, 0.1) is 5.92 Å². The zero-order valence-electron chi connectivity index (χ0n) is 12.6. The highest BCUT2D eigenvalue weighted by Gasteiger charge is 2.43. The molecule has 2 aliphatic heterocycles. The van der Waals surface area contributed by atoms with Crippen molar-refractivity contribution in [3.05, 3.63) is 0 Å². The number of alkyl halides is 3. The average molecular weight is 320 g/mol. The lowest BCUT2D eigenvalue weighted by Crippen LogP contribution is -2.54. The van der Waals surface area contributed by atoms with Gasteiger partial charge in [0.05, 0.1) is 25.2 Å². The molecule has 22 heavy (non-hydrogen) atoms. The average Bonchev–Trinajstić information content (AvgIpc) is 2.96. The van der Waals surface area contributed by atoms with Crippen molar-refractivity contribution in [2.45, 2.75) is 50.4 Å². The summed E-state index contributed by atoms with van der Waals surface area (Å²) in [4.78, 5) is 15.9. The van der Waals surface area contributed by atoms with Crippen LogP contribution in [0.25, 0.3) is 0 Å². The Morgan fingerprint density at radius 2 is 1.95 bits per heavy atom. The molecule has 1 saturated carbocycles. The molecule has 0 aromatic heterocycles. The molecule has 0 radical (unpaired) electrons. The van der Waals surface area contributed by atoms with Crippen molar-refractivity contribution in [3.8, 4) is 0 Å². The van der Waals surface area contributed by atoms with E-state index in [0.29, 0.717) is 26.1 Å². The second-order valence-corrected chi connectivity index (χ2v) is 6.60. The number of hydrogen-bond donors (Lipinski definition) is 0. The van der Waals surface area contributed by atoms with Gasteiger partial charge >= 0.3 is 6.18 Å². The first-order valence-corrected chi connectivity index (χ1v) is 8.15. The zero-order valence-corrected chi connectivity index (χ0v) is 12.6. The van der Waals surface area contributed by atoms with Gasteiger partial charge in [-0.25, -0.2) is 0 Å². The fraction of sp³-hybridized carbons (Fsp3) is 0.933. The van der Waals surface area contributed by atoms with E-state index < -0.39 is 12.1 Å². The quantitative estimate of drug-likeness (QED) is 0.781. The summed E-state index contributed by atoms with van der Waals surface area (Å²) in [5.74, 6) is -1.53. The number of rotatable bonds is 2. The predicted octanol–water partition coefficient (Wildman–Crippen LogP) is 2.04. The Morgan fingerprint density at radius 1 is 1.14 bits per heavy atom. The van der Waals surface area contributed by atoms with E-state index in [1.165, 1.54) is 4.90 Å². The third-order valence-corrected chi connectivity index (χ3v) is 5.17. The van der Waals surface area contributed by atoms with Crippen LogP contribution in [0.4, 0.5) is 13.2 Å². The summed E-state index contributed by atoms with van der Waals surface area (Å²) >= 11 is 0. The summed E-state index contributed by atoms with van der Waals surface area (Å²) in [6.45, 7) is 1.81. The van der Waals surface area contributed by atoms with E-state index in [1.54, 1.807) is 0 Å². The van der Waals surface area contributed by atoms with Crippen molar-refractivity contribution in [2.24, 2.45) is 5.92 Å². The van der Waals surface area contributed by atoms with Crippen LogP contribution < -0.4 is 0 Å². The Balaban J connectivity index is 1.57. The molecule has 4 nitrogen and oxygen atoms in total. The molecule has 1 amide bonds. The van der Waals surface area contributed by atoms with E-state index in [9.17, 15) is 18.0 Å². The van der Waals surface area contributed by atoms with Gasteiger partial charge in [0.25, 0.3) is 0 Å². The van der Waals surface area contributed by atoms with Gasteiger partial charge in [0, 0.05) is 25.7 Å². The Kier molecular flexibility index (Phi) is 4.64. The smallest absolute Gasteiger partial charge is 0.375 e. The standard InChI is InChI=1S/C15H23F3N2O2/c16-15(17,18)11-3-2-6-20(9-11)14(21)10-19-7-8-22-13-5-1-4-12(13)19/h11-13H,1-10H2. The molecule has 2 heterocycles. The summed E-state index contributed by atoms with van der Waals surface area (Å²) < 4.78 is 44.2. The molecule has 0 N–H and O–H groups in total. The van der Waals surface area contributed by atoms with Crippen LogP contribution in [0.15, 0.2) is 0 Å². The molecule has 0 bridgehead atoms. The predicted molar refractivity (Wildman–Crippen MR) is 74.3 cm³/mol. The van der Waals surface area contributed by atoms with Gasteiger partial charge in [0.2, 0.25) is 5.91 Å². The van der Waals surface area contributed by atoms with Gasteiger partial charge in [-0.15, -0.1) is 0 Å². The zero-order chi connectivity index (χ0) is 15.7. The molecule has 126 valence electrons. The third kappa shape index (κ3) is 3.40. The van der Waals surface area contributed by atoms with Crippen molar-refractivity contribution in [1.29, 1.82) is 0 Å². The van der Waals surface area contributed by atoms with Crippen molar-refractivity contribution >= 4 is 5.91 Å². The van der Waals surface area contributed by atoms with E-state index in [2.05, 4.69) is 4.90 Å². The molecular weight excluding hydrogens is 297 g/mol. The molecule has 7 heteroatoms. The molecule has 0 spiro atoms. The van der Waals surface area contributed by atoms with Gasteiger partial charge in [-0.2, -0.15) is 13.2 Å². The molecule has 3 atom stereocenters. The summed E-state index contributed by atoms with van der Waals surface area (Å²) in [5, 5.41) is 0. The summed E-state index contributed by atoms with van der Waals surface area (Å²) in [6, 6.07) is 0.265. The molecular formula is C15H23F3N2O2. The Hall–Kier alpha value is -0.820. The lowest BCUT2D eigenvalue weighted by atomic mass is 9.97. The molecule has 3 unspecified atom stereocenters. The molecule has 3 rings (SSSR count). The van der Waals surface area contributed by atoms with Gasteiger partial charge in [-0.1, -0.05) is 0 Å². The first-order valence-electron chi connectivity index (χ1n) is 8.15. The van der Waals surface area contributed by atoms with Crippen LogP contribution in [0.2, 0.25) is 0 Å². The van der Waals surface area contributed by atoms with Crippen LogP contribution in [0.1, 0.15) is 32.1 Å². The van der Waals surface area contributed by atoms with Crippen molar-refractivity contribution < 1.29 is 22.7 Å². The fourth-order valence-corrected chi connectivity index (χ4v) is 3.95. The van der Waals surface area contributed by atoms with Crippen molar-refractivity contribution in [3.63, 3.8) is 0 Å². The highest BCUT2D eigenvalue weighted by Crippen LogP contribution is 2.33. The SMILES string of the molecule is O=C(CN1CCOC2CCCC21)N1CCCC(C(F)(F)F)C1. The number of fused-ring (bicyclic) bond motifs is 1. The molecule has 1 aliphatic carbocycles. The van der Waals surface area contributed by atoms with Gasteiger partial charge < -0.3 is 9.64 Å². The maximum Gasteiger partial charge on any atom is 0.393 e.